The van der Waals surface area contributed by atoms with E-state index in [2.05, 4.69) is 60.2 Å². The summed E-state index contributed by atoms with van der Waals surface area (Å²) >= 11 is 3.70. The van der Waals surface area contributed by atoms with Crippen LogP contribution in [0.25, 0.3) is 5.41 Å². The monoisotopic (exact) mass is 659 g/mol. The molecule has 0 aliphatic heterocycles. The number of halogens is 6. The first-order chi connectivity index (χ1) is 14.2. The SMILES string of the molecule is CN(C)CCN(C)C.F[P-](F)(F)(F)(F)F.NCCCN=C([O-])C([O-])=NCCCN.[Cu+2].[N-]=C=S.[Ni+2].[OH3+]. The Bertz CT molecular complexity index is 545. The van der Waals surface area contributed by atoms with Gasteiger partial charge in [-0.05, 0) is 65.9 Å². The van der Waals surface area contributed by atoms with Gasteiger partial charge >= 0.3 is 66.6 Å². The molecule has 0 aromatic heterocycles. The van der Waals surface area contributed by atoms with Crippen LogP contribution in [0.5, 0.6) is 0 Å². The van der Waals surface area contributed by atoms with E-state index in [1.54, 1.807) is 0 Å². The van der Waals surface area contributed by atoms with Crippen molar-refractivity contribution in [3.8, 4) is 0 Å². The number of aliphatic imine (C=N–C) groups is 2. The van der Waals surface area contributed by atoms with Crippen molar-refractivity contribution in [2.75, 3.05) is 67.5 Å². The fourth-order valence-electron chi connectivity index (χ4n) is 1.08. The predicted molar refractivity (Wildman–Crippen MR) is 123 cm³/mol. The molecule has 0 saturated carbocycles. The molecule has 35 heavy (non-hydrogen) atoms. The minimum absolute atomic E-state index is 0. The van der Waals surface area contributed by atoms with Crippen LogP contribution in [0.3, 0.4) is 0 Å². The fourth-order valence-corrected chi connectivity index (χ4v) is 1.08. The molecule has 0 rings (SSSR count). The first kappa shape index (κ1) is 51.2. The maximum absolute atomic E-state index is 10.9. The first-order valence-corrected chi connectivity index (χ1v) is 11.4. The number of rotatable bonds is 9. The van der Waals surface area contributed by atoms with Crippen LogP contribution in [0.2, 0.25) is 0 Å². The molecular formula is C15H35CuF6N7NiO3PS+. The number of isothiocyanates is 1. The average Bonchev–Trinajstić information content (AvgIpc) is 2.58. The van der Waals surface area contributed by atoms with E-state index >= 15 is 0 Å². The summed E-state index contributed by atoms with van der Waals surface area (Å²) in [6.45, 7) is 3.77. The number of hydrogen-bond donors (Lipinski definition) is 2. The van der Waals surface area contributed by atoms with E-state index in [1.807, 2.05) is 0 Å². The van der Waals surface area contributed by atoms with Gasteiger partial charge in [0.15, 0.2) is 0 Å². The molecule has 0 spiro atoms. The molecule has 0 bridgehead atoms. The molecule has 0 unspecified atom stereocenters. The van der Waals surface area contributed by atoms with Gasteiger partial charge in [-0.3, -0.25) is 0 Å². The van der Waals surface area contributed by atoms with Crippen molar-refractivity contribution in [1.29, 1.82) is 0 Å². The molecule has 0 aliphatic rings. The van der Waals surface area contributed by atoms with Crippen molar-refractivity contribution >= 4 is 37.0 Å². The summed E-state index contributed by atoms with van der Waals surface area (Å²) in [5.74, 6) is -1.59. The minimum atomic E-state index is -10.7. The van der Waals surface area contributed by atoms with Gasteiger partial charge in [-0.1, -0.05) is 12.2 Å². The molecule has 0 aromatic rings. The van der Waals surface area contributed by atoms with Crippen molar-refractivity contribution < 1.29 is 74.4 Å². The number of nitrogens with two attached hydrogens (primary N) is 2. The van der Waals surface area contributed by atoms with Crippen LogP contribution < -0.4 is 21.7 Å². The van der Waals surface area contributed by atoms with Crippen LogP contribution in [0, 0.1) is 0 Å². The van der Waals surface area contributed by atoms with Gasteiger partial charge in [0.2, 0.25) is 0 Å². The third-order valence-corrected chi connectivity index (χ3v) is 2.41. The van der Waals surface area contributed by atoms with E-state index in [0.717, 1.165) is 13.1 Å². The van der Waals surface area contributed by atoms with Crippen molar-refractivity contribution in [2.45, 2.75) is 12.8 Å². The molecule has 0 saturated heterocycles. The summed E-state index contributed by atoms with van der Waals surface area (Å²) < 4.78 is 59.2. The molecular weight excluding hydrogens is 625 g/mol. The van der Waals surface area contributed by atoms with Crippen LogP contribution in [0.1, 0.15) is 12.8 Å². The zero-order valence-corrected chi connectivity index (χ0v) is 23.3. The quantitative estimate of drug-likeness (QED) is 0.0525. The third kappa shape index (κ3) is 97.0. The molecule has 20 heteroatoms. The van der Waals surface area contributed by atoms with Crippen molar-refractivity contribution in [3.05, 3.63) is 5.41 Å². The van der Waals surface area contributed by atoms with Crippen molar-refractivity contribution in [3.63, 3.8) is 0 Å². The smallest absolute Gasteiger partial charge is 0.858 e. The average molecular weight is 661 g/mol. The van der Waals surface area contributed by atoms with E-state index in [4.69, 9.17) is 16.9 Å². The second-order valence-corrected chi connectivity index (χ2v) is 8.41. The standard InChI is InChI=1S/C8H18N4O2.C6H16N2.CNS.Cu.F6P.Ni.H2O/c9-3-1-5-11-7(13)8(14)12-6-2-4-10;1-7(2)5-6-8(3)4;2-1-3;;1-7(2,3,4,5)6;;/h1-6,9-10H2,(H,11,13)(H,12,14);5-6H2,1-4H3;;;;;1H2/q;;-1;+2;-1;+2;/p-1. The normalized spacial score (nSPS) is 12.7. The third-order valence-electron chi connectivity index (χ3n) is 2.41. The number of nitrogens with zero attached hydrogens (tertiary/aromatic N) is 5. The maximum atomic E-state index is 10.9. The van der Waals surface area contributed by atoms with Crippen LogP contribution in [-0.2, 0) is 39.0 Å². The zero-order chi connectivity index (χ0) is 26.5. The molecule has 0 heterocycles. The number of hydrogen-bond acceptors (Lipinski definition) is 9. The molecule has 1 radical (unpaired) electrons. The van der Waals surface area contributed by atoms with E-state index in [0.29, 0.717) is 25.9 Å². The van der Waals surface area contributed by atoms with Gasteiger partial charge in [0.05, 0.1) is 0 Å². The van der Waals surface area contributed by atoms with Crippen LogP contribution in [0.4, 0.5) is 25.2 Å². The Morgan fingerprint density at radius 1 is 0.857 bits per heavy atom. The van der Waals surface area contributed by atoms with Crippen LogP contribution in [-0.4, -0.2) is 94.2 Å². The second-order valence-electron chi connectivity index (χ2n) is 6.31. The van der Waals surface area contributed by atoms with Crippen LogP contribution in [0.15, 0.2) is 9.98 Å². The van der Waals surface area contributed by atoms with E-state index < -0.39 is 19.6 Å². The zero-order valence-electron chi connectivity index (χ0n) is 19.7. The second kappa shape index (κ2) is 25.2. The van der Waals surface area contributed by atoms with Crippen LogP contribution >= 0.6 is 20.0 Å². The Balaban J connectivity index is -0.0000000647. The van der Waals surface area contributed by atoms with Crippen molar-refractivity contribution in [1.82, 2.24) is 9.80 Å². The topological polar surface area (TPSA) is 185 Å². The summed E-state index contributed by atoms with van der Waals surface area (Å²) in [6, 6.07) is 0. The molecule has 0 atom stereocenters. The van der Waals surface area contributed by atoms with Gasteiger partial charge in [-0.15, -0.1) is 0 Å². The summed E-state index contributed by atoms with van der Waals surface area (Å²) in [6.07, 6.45) is 1.20. The molecule has 7 N–H and O–H groups in total. The number of likely N-dealkylation sites (N-methyl/N-ethyl adjacent to an activating group) is 2. The Hall–Kier alpha value is -0.437. The predicted octanol–water partition coefficient (Wildman–Crippen LogP) is 0.425. The van der Waals surface area contributed by atoms with Crippen molar-refractivity contribution in [2.24, 2.45) is 21.5 Å². The fraction of sp³-hybridized carbons (Fsp3) is 0.800. The van der Waals surface area contributed by atoms with E-state index in [-0.39, 0.29) is 52.1 Å². The molecule has 10 nitrogen and oxygen atoms in total. The molecule has 0 fully saturated rings. The maximum Gasteiger partial charge on any atom is 2.00 e. The number of thiocarbonyl (C=S) groups is 1. The molecule has 0 aliphatic carbocycles. The summed E-state index contributed by atoms with van der Waals surface area (Å²) in [7, 11) is -2.31. The Kier molecular flexibility index (Phi) is 36.9. The first-order valence-electron chi connectivity index (χ1n) is 8.92. The summed E-state index contributed by atoms with van der Waals surface area (Å²) in [5, 5.41) is 30.3. The van der Waals surface area contributed by atoms with Gasteiger partial charge in [-0.25, -0.2) is 0 Å². The van der Waals surface area contributed by atoms with Gasteiger partial charge in [-0.2, -0.15) is 5.16 Å². The molecule has 221 valence electrons. The largest absolute Gasteiger partial charge is 2.00 e. The molecule has 0 aromatic carbocycles. The summed E-state index contributed by atoms with van der Waals surface area (Å²) in [4.78, 5) is 11.4. The minimum Gasteiger partial charge on any atom is -0.858 e. The summed E-state index contributed by atoms with van der Waals surface area (Å²) in [5.41, 5.74) is 10.4. The van der Waals surface area contributed by atoms with Gasteiger partial charge in [0.25, 0.3) is 0 Å². The Labute approximate surface area is 228 Å². The van der Waals surface area contributed by atoms with Gasteiger partial charge < -0.3 is 52.4 Å². The van der Waals surface area contributed by atoms with E-state index in [1.165, 1.54) is 5.16 Å². The molecule has 0 amide bonds. The Morgan fingerprint density at radius 3 is 1.20 bits per heavy atom. The Morgan fingerprint density at radius 2 is 1.06 bits per heavy atom. The van der Waals surface area contributed by atoms with Gasteiger partial charge in [0.1, 0.15) is 0 Å². The van der Waals surface area contributed by atoms with Gasteiger partial charge in [0, 0.05) is 26.2 Å². The van der Waals surface area contributed by atoms with E-state index in [9.17, 15) is 35.4 Å².